The Morgan fingerprint density at radius 2 is 2.00 bits per heavy atom. The van der Waals surface area contributed by atoms with E-state index in [1.807, 2.05) is 42.2 Å². The van der Waals surface area contributed by atoms with Gasteiger partial charge in [0.1, 0.15) is 12.3 Å². The fraction of sp³-hybridized carbons (Fsp3) is 0.450. The monoisotopic (exact) mass is 382 g/mol. The van der Waals surface area contributed by atoms with Crippen LogP contribution >= 0.6 is 0 Å². The molecular weight excluding hydrogens is 356 g/mol. The van der Waals surface area contributed by atoms with Crippen LogP contribution in [0.2, 0.25) is 0 Å². The van der Waals surface area contributed by atoms with Crippen LogP contribution in [0.4, 0.5) is 0 Å². The molecule has 1 unspecified atom stereocenters. The second-order valence-electron chi connectivity index (χ2n) is 7.21. The highest BCUT2D eigenvalue weighted by atomic mass is 16.5. The van der Waals surface area contributed by atoms with Crippen LogP contribution in [0.3, 0.4) is 0 Å². The molecule has 0 saturated carbocycles. The van der Waals surface area contributed by atoms with Gasteiger partial charge in [0.2, 0.25) is 0 Å². The molecule has 8 heteroatoms. The Hall–Kier alpha value is -2.87. The molecule has 0 N–H and O–H groups in total. The highest BCUT2D eigenvalue weighted by molar-refractivity contribution is 5.39. The fourth-order valence-corrected chi connectivity index (χ4v) is 3.61. The van der Waals surface area contributed by atoms with Crippen molar-refractivity contribution in [2.75, 3.05) is 27.2 Å². The van der Waals surface area contributed by atoms with Crippen LogP contribution in [0.25, 0.3) is 5.69 Å². The lowest BCUT2D eigenvalue weighted by Crippen LogP contribution is -2.31. The average Bonchev–Trinajstić information content (AvgIpc) is 3.32. The second kappa shape index (κ2) is 8.02. The predicted octanol–water partition coefficient (Wildman–Crippen LogP) is 2.40. The van der Waals surface area contributed by atoms with E-state index in [2.05, 4.69) is 17.0 Å². The van der Waals surface area contributed by atoms with Crippen molar-refractivity contribution in [1.29, 1.82) is 0 Å². The van der Waals surface area contributed by atoms with E-state index in [0.29, 0.717) is 24.0 Å². The first-order valence-corrected chi connectivity index (χ1v) is 9.53. The minimum Gasteiger partial charge on any atom is -0.493 e. The molecule has 0 bridgehead atoms. The van der Waals surface area contributed by atoms with Gasteiger partial charge in [0.25, 0.3) is 0 Å². The Morgan fingerprint density at radius 1 is 1.18 bits per heavy atom. The maximum absolute atomic E-state index is 6.02. The van der Waals surface area contributed by atoms with Gasteiger partial charge in [-0.15, -0.1) is 0 Å². The van der Waals surface area contributed by atoms with Gasteiger partial charge in [0.05, 0.1) is 19.5 Å². The van der Waals surface area contributed by atoms with E-state index < -0.39 is 0 Å². The molecule has 1 aromatic carbocycles. The lowest BCUT2D eigenvalue weighted by molar-refractivity contribution is 0.245. The zero-order chi connectivity index (χ0) is 19.5. The third-order valence-corrected chi connectivity index (χ3v) is 5.04. The van der Waals surface area contributed by atoms with Crippen molar-refractivity contribution in [2.24, 2.45) is 7.05 Å². The number of nitrogens with zero attached hydrogens (tertiary/aromatic N) is 6. The third-order valence-electron chi connectivity index (χ3n) is 5.04. The van der Waals surface area contributed by atoms with Crippen LogP contribution in [0, 0.1) is 0 Å². The van der Waals surface area contributed by atoms with E-state index in [9.17, 15) is 0 Å². The molecule has 1 aliphatic rings. The maximum Gasteiger partial charge on any atom is 0.170 e. The number of benzene rings is 1. The molecule has 1 atom stereocenters. The standard InChI is InChI=1S/C20H26N6O2/c1-24-10-6-7-15(12-24)20-22-19(26(23-20)16-11-21-25(2)13-16)14-28-18-9-5-4-8-17(18)27-3/h4-5,8-9,11,13,15H,6-7,10,12,14H2,1-3H3. The first-order chi connectivity index (χ1) is 13.6. The molecule has 0 radical (unpaired) electrons. The van der Waals surface area contributed by atoms with E-state index >= 15 is 0 Å². The highest BCUT2D eigenvalue weighted by Crippen LogP contribution is 2.28. The molecule has 28 heavy (non-hydrogen) atoms. The lowest BCUT2D eigenvalue weighted by Gasteiger charge is -2.27. The number of piperidine rings is 1. The van der Waals surface area contributed by atoms with Gasteiger partial charge >= 0.3 is 0 Å². The van der Waals surface area contributed by atoms with Crippen molar-refractivity contribution in [3.05, 3.63) is 48.3 Å². The number of hydrogen-bond acceptors (Lipinski definition) is 6. The first kappa shape index (κ1) is 18.5. The Bertz CT molecular complexity index is 934. The number of aromatic nitrogens is 5. The summed E-state index contributed by atoms with van der Waals surface area (Å²) in [6, 6.07) is 7.61. The van der Waals surface area contributed by atoms with Gasteiger partial charge in [0, 0.05) is 19.5 Å². The Labute approximate surface area is 164 Å². The van der Waals surface area contributed by atoms with E-state index in [0.717, 1.165) is 43.3 Å². The number of rotatable bonds is 6. The number of methoxy groups -OCH3 is 1. The minimum atomic E-state index is 0.296. The third kappa shape index (κ3) is 3.87. The van der Waals surface area contributed by atoms with Gasteiger partial charge < -0.3 is 14.4 Å². The van der Waals surface area contributed by atoms with Crippen LogP contribution in [-0.4, -0.2) is 56.7 Å². The molecule has 4 rings (SSSR count). The molecule has 3 heterocycles. The van der Waals surface area contributed by atoms with Crippen LogP contribution in [-0.2, 0) is 13.7 Å². The summed E-state index contributed by atoms with van der Waals surface area (Å²) in [5.41, 5.74) is 0.879. The molecule has 8 nitrogen and oxygen atoms in total. The molecule has 2 aromatic heterocycles. The van der Waals surface area contributed by atoms with E-state index in [1.165, 1.54) is 0 Å². The maximum atomic E-state index is 6.02. The first-order valence-electron chi connectivity index (χ1n) is 9.53. The molecule has 3 aromatic rings. The zero-order valence-electron chi connectivity index (χ0n) is 16.6. The Kier molecular flexibility index (Phi) is 5.29. The molecular formula is C20H26N6O2. The van der Waals surface area contributed by atoms with Crippen molar-refractivity contribution < 1.29 is 9.47 Å². The van der Waals surface area contributed by atoms with Gasteiger partial charge in [-0.1, -0.05) is 12.1 Å². The minimum absolute atomic E-state index is 0.296. The number of likely N-dealkylation sites (N-methyl/N-ethyl adjacent to an activating group) is 1. The van der Waals surface area contributed by atoms with Crippen molar-refractivity contribution in [3.63, 3.8) is 0 Å². The van der Waals surface area contributed by atoms with E-state index in [4.69, 9.17) is 19.6 Å². The topological polar surface area (TPSA) is 70.2 Å². The summed E-state index contributed by atoms with van der Waals surface area (Å²) in [5.74, 6) is 3.34. The summed E-state index contributed by atoms with van der Waals surface area (Å²) in [5, 5.41) is 9.09. The normalized spacial score (nSPS) is 17.6. The molecule has 1 fully saturated rings. The fourth-order valence-electron chi connectivity index (χ4n) is 3.61. The van der Waals surface area contributed by atoms with Gasteiger partial charge in [-0.2, -0.15) is 10.2 Å². The SMILES string of the molecule is COc1ccccc1OCc1nc(C2CCCN(C)C2)nn1-c1cnn(C)c1. The smallest absolute Gasteiger partial charge is 0.170 e. The van der Waals surface area contributed by atoms with Crippen molar-refractivity contribution in [2.45, 2.75) is 25.4 Å². The molecule has 0 spiro atoms. The van der Waals surface area contributed by atoms with Gasteiger partial charge in [-0.05, 0) is 38.6 Å². The predicted molar refractivity (Wildman–Crippen MR) is 105 cm³/mol. The Balaban J connectivity index is 1.62. The number of hydrogen-bond donors (Lipinski definition) is 0. The van der Waals surface area contributed by atoms with Crippen molar-refractivity contribution in [3.8, 4) is 17.2 Å². The quantitative estimate of drug-likeness (QED) is 0.652. The summed E-state index contributed by atoms with van der Waals surface area (Å²) < 4.78 is 15.0. The zero-order valence-corrected chi connectivity index (χ0v) is 16.6. The average molecular weight is 382 g/mol. The van der Waals surface area contributed by atoms with Crippen LogP contribution in [0.1, 0.15) is 30.4 Å². The van der Waals surface area contributed by atoms with E-state index in [-0.39, 0.29) is 0 Å². The molecule has 1 aliphatic heterocycles. The summed E-state index contributed by atoms with van der Waals surface area (Å²) in [6.07, 6.45) is 5.99. The largest absolute Gasteiger partial charge is 0.493 e. The Morgan fingerprint density at radius 3 is 2.71 bits per heavy atom. The molecule has 1 saturated heterocycles. The lowest BCUT2D eigenvalue weighted by atomic mass is 9.98. The summed E-state index contributed by atoms with van der Waals surface area (Å²) in [4.78, 5) is 7.18. The molecule has 148 valence electrons. The van der Waals surface area contributed by atoms with Gasteiger partial charge in [-0.25, -0.2) is 9.67 Å². The molecule has 0 aliphatic carbocycles. The van der Waals surface area contributed by atoms with Crippen molar-refractivity contribution in [1.82, 2.24) is 29.4 Å². The number of likely N-dealkylation sites (tertiary alicyclic amines) is 1. The number of aryl methyl sites for hydroxylation is 1. The summed E-state index contributed by atoms with van der Waals surface area (Å²) in [7, 11) is 5.68. The molecule has 0 amide bonds. The van der Waals surface area contributed by atoms with Crippen molar-refractivity contribution >= 4 is 0 Å². The van der Waals surface area contributed by atoms with Crippen LogP contribution < -0.4 is 9.47 Å². The summed E-state index contributed by atoms with van der Waals surface area (Å²) >= 11 is 0. The highest BCUT2D eigenvalue weighted by Gasteiger charge is 2.25. The second-order valence-corrected chi connectivity index (χ2v) is 7.21. The van der Waals surface area contributed by atoms with Crippen LogP contribution in [0.5, 0.6) is 11.5 Å². The van der Waals surface area contributed by atoms with Gasteiger partial charge in [0.15, 0.2) is 23.1 Å². The number of ether oxygens (including phenoxy) is 2. The summed E-state index contributed by atoms with van der Waals surface area (Å²) in [6.45, 7) is 2.40. The number of para-hydroxylation sites is 2. The van der Waals surface area contributed by atoms with Gasteiger partial charge in [-0.3, -0.25) is 4.68 Å². The van der Waals surface area contributed by atoms with E-state index in [1.54, 1.807) is 18.0 Å². The van der Waals surface area contributed by atoms with Crippen LogP contribution in [0.15, 0.2) is 36.7 Å².